The number of fused-ring (bicyclic) bond motifs is 1. The Morgan fingerprint density at radius 1 is 1.00 bits per heavy atom. The quantitative estimate of drug-likeness (QED) is 0.673. The smallest absolute Gasteiger partial charge is 0.193 e. The van der Waals surface area contributed by atoms with Crippen LogP contribution < -0.4 is 0 Å². The third-order valence-corrected chi connectivity index (χ3v) is 2.56. The van der Waals surface area contributed by atoms with E-state index in [-0.39, 0.29) is 10.4 Å². The van der Waals surface area contributed by atoms with Gasteiger partial charge in [0.2, 0.25) is 5.28 Å². The van der Waals surface area contributed by atoms with Crippen LogP contribution in [0.1, 0.15) is 0 Å². The molecule has 8 heteroatoms. The first kappa shape index (κ1) is 10.4. The summed E-state index contributed by atoms with van der Waals surface area (Å²) in [6.07, 6.45) is 0. The van der Waals surface area contributed by atoms with Crippen molar-refractivity contribution < 1.29 is 0 Å². The predicted octanol–water partition coefficient (Wildman–Crippen LogP) is 1.91. The van der Waals surface area contributed by atoms with E-state index in [0.29, 0.717) is 5.82 Å². The molecular weight excluding hydrogens is 263 g/mol. The summed E-state index contributed by atoms with van der Waals surface area (Å²) in [7, 11) is 0. The number of para-hydroxylation sites is 1. The van der Waals surface area contributed by atoms with E-state index in [9.17, 15) is 0 Å². The Bertz CT molecular complexity index is 695. The molecule has 6 nitrogen and oxygen atoms in total. The number of aromatic nitrogens is 6. The average Bonchev–Trinajstić information content (AvgIpc) is 2.76. The Morgan fingerprint density at radius 3 is 2.71 bits per heavy atom. The van der Waals surface area contributed by atoms with Crippen molar-refractivity contribution in [3.8, 4) is 5.82 Å². The number of hydrogen-bond donors (Lipinski definition) is 0. The molecule has 0 saturated heterocycles. The fourth-order valence-electron chi connectivity index (χ4n) is 1.45. The highest BCUT2D eigenvalue weighted by molar-refractivity contribution is 6.31. The van der Waals surface area contributed by atoms with Gasteiger partial charge in [0.05, 0.1) is 5.52 Å². The Balaban J connectivity index is 2.31. The highest BCUT2D eigenvalue weighted by Crippen LogP contribution is 2.19. The molecule has 2 aromatic heterocycles. The molecule has 1 aromatic carbocycles. The molecule has 0 atom stereocenters. The summed E-state index contributed by atoms with van der Waals surface area (Å²) in [5.74, 6) is 0.306. The zero-order chi connectivity index (χ0) is 11.8. The van der Waals surface area contributed by atoms with Gasteiger partial charge in [-0.3, -0.25) is 0 Å². The highest BCUT2D eigenvalue weighted by Gasteiger charge is 2.13. The molecule has 0 N–H and O–H groups in total. The molecule has 0 saturated carbocycles. The summed E-state index contributed by atoms with van der Waals surface area (Å²) in [5.41, 5.74) is 1.50. The molecule has 0 aliphatic rings. The third kappa shape index (κ3) is 1.71. The first-order chi connectivity index (χ1) is 8.25. The molecule has 3 aromatic rings. The normalized spacial score (nSPS) is 10.9. The summed E-state index contributed by atoms with van der Waals surface area (Å²) in [6, 6.07) is 7.42. The minimum absolute atomic E-state index is 0.00369. The van der Waals surface area contributed by atoms with Gasteiger partial charge in [-0.1, -0.05) is 28.9 Å². The molecule has 17 heavy (non-hydrogen) atoms. The van der Waals surface area contributed by atoms with E-state index < -0.39 is 0 Å². The number of hydrogen-bond acceptors (Lipinski definition) is 5. The van der Waals surface area contributed by atoms with Crippen molar-refractivity contribution in [2.75, 3.05) is 0 Å². The van der Waals surface area contributed by atoms with Crippen molar-refractivity contribution in [3.63, 3.8) is 0 Å². The van der Waals surface area contributed by atoms with Crippen LogP contribution in [0, 0.1) is 0 Å². The van der Waals surface area contributed by atoms with Crippen LogP contribution >= 0.6 is 23.2 Å². The number of rotatable bonds is 1. The Morgan fingerprint density at radius 2 is 1.82 bits per heavy atom. The van der Waals surface area contributed by atoms with Gasteiger partial charge in [0, 0.05) is 0 Å². The Hall–Kier alpha value is -1.79. The zero-order valence-corrected chi connectivity index (χ0v) is 9.76. The zero-order valence-electron chi connectivity index (χ0n) is 8.25. The number of halogens is 2. The third-order valence-electron chi connectivity index (χ3n) is 2.16. The van der Waals surface area contributed by atoms with Crippen molar-refractivity contribution in [1.29, 1.82) is 0 Å². The van der Waals surface area contributed by atoms with Crippen LogP contribution in [0.25, 0.3) is 16.9 Å². The lowest BCUT2D eigenvalue weighted by atomic mass is 10.3. The first-order valence-electron chi connectivity index (χ1n) is 4.62. The van der Waals surface area contributed by atoms with Crippen LogP contribution in [0.3, 0.4) is 0 Å². The van der Waals surface area contributed by atoms with Gasteiger partial charge in [0.25, 0.3) is 0 Å². The molecule has 2 heterocycles. The van der Waals surface area contributed by atoms with Crippen LogP contribution in [0.4, 0.5) is 0 Å². The van der Waals surface area contributed by atoms with Crippen LogP contribution in [0.15, 0.2) is 24.3 Å². The summed E-state index contributed by atoms with van der Waals surface area (Å²) in [5, 5.41) is 15.3. The molecule has 0 fully saturated rings. The van der Waals surface area contributed by atoms with E-state index >= 15 is 0 Å². The molecule has 0 aliphatic heterocycles. The fraction of sp³-hybridized carbons (Fsp3) is 0. The van der Waals surface area contributed by atoms with Gasteiger partial charge in [-0.15, -0.1) is 15.3 Å². The largest absolute Gasteiger partial charge is 0.245 e. The minimum atomic E-state index is 0.00369. The van der Waals surface area contributed by atoms with E-state index in [1.807, 2.05) is 24.3 Å². The molecule has 84 valence electrons. The second-order valence-electron chi connectivity index (χ2n) is 3.19. The van der Waals surface area contributed by atoms with Gasteiger partial charge in [-0.05, 0) is 23.7 Å². The summed E-state index contributed by atoms with van der Waals surface area (Å²) < 4.78 is 1.47. The Labute approximate surface area is 105 Å². The second kappa shape index (κ2) is 3.90. The molecule has 0 bridgehead atoms. The molecule has 0 unspecified atom stereocenters. The second-order valence-corrected chi connectivity index (χ2v) is 3.88. The minimum Gasteiger partial charge on any atom is -0.193 e. The van der Waals surface area contributed by atoms with Crippen molar-refractivity contribution in [2.24, 2.45) is 0 Å². The predicted molar refractivity (Wildman–Crippen MR) is 62.3 cm³/mol. The van der Waals surface area contributed by atoms with Crippen LogP contribution in [0.2, 0.25) is 10.4 Å². The summed E-state index contributed by atoms with van der Waals surface area (Å²) in [4.78, 5) is 3.99. The maximum atomic E-state index is 5.90. The Kier molecular flexibility index (Phi) is 2.38. The monoisotopic (exact) mass is 266 g/mol. The average molecular weight is 267 g/mol. The lowest BCUT2D eigenvalue weighted by molar-refractivity contribution is 0.781. The van der Waals surface area contributed by atoms with Gasteiger partial charge in [0.15, 0.2) is 11.0 Å². The molecule has 0 spiro atoms. The lowest BCUT2D eigenvalue weighted by Gasteiger charge is -2.01. The molecular formula is C9H4Cl2N6. The van der Waals surface area contributed by atoms with Gasteiger partial charge in [-0.2, -0.15) is 9.67 Å². The highest BCUT2D eigenvalue weighted by atomic mass is 35.5. The number of benzene rings is 1. The molecule has 0 amide bonds. The summed E-state index contributed by atoms with van der Waals surface area (Å²) >= 11 is 11.6. The fourth-order valence-corrected chi connectivity index (χ4v) is 1.72. The van der Waals surface area contributed by atoms with Crippen LogP contribution in [-0.4, -0.2) is 30.2 Å². The SMILES string of the molecule is Clc1nnc(Cl)c(-n2nnc3ccccc32)n1. The van der Waals surface area contributed by atoms with Crippen LogP contribution in [-0.2, 0) is 0 Å². The van der Waals surface area contributed by atoms with Gasteiger partial charge >= 0.3 is 0 Å². The summed E-state index contributed by atoms with van der Waals surface area (Å²) in [6.45, 7) is 0. The van der Waals surface area contributed by atoms with E-state index in [1.165, 1.54) is 4.68 Å². The standard InChI is InChI=1S/C9H4Cl2N6/c10-7-8(12-9(11)15-14-7)17-6-4-2-1-3-5(6)13-16-17/h1-4H. The van der Waals surface area contributed by atoms with Crippen molar-refractivity contribution >= 4 is 34.2 Å². The van der Waals surface area contributed by atoms with Crippen molar-refractivity contribution in [3.05, 3.63) is 34.7 Å². The van der Waals surface area contributed by atoms with Crippen molar-refractivity contribution in [2.45, 2.75) is 0 Å². The van der Waals surface area contributed by atoms with E-state index in [4.69, 9.17) is 23.2 Å². The van der Waals surface area contributed by atoms with Gasteiger partial charge in [-0.25, -0.2) is 0 Å². The first-order valence-corrected chi connectivity index (χ1v) is 5.38. The lowest BCUT2D eigenvalue weighted by Crippen LogP contribution is -2.04. The number of nitrogens with zero attached hydrogens (tertiary/aromatic N) is 6. The van der Waals surface area contributed by atoms with Crippen LogP contribution in [0.5, 0.6) is 0 Å². The molecule has 0 radical (unpaired) electrons. The van der Waals surface area contributed by atoms with E-state index in [0.717, 1.165) is 11.0 Å². The molecule has 3 rings (SSSR count). The maximum Gasteiger partial charge on any atom is 0.245 e. The molecule has 0 aliphatic carbocycles. The van der Waals surface area contributed by atoms with Gasteiger partial charge in [0.1, 0.15) is 5.52 Å². The maximum absolute atomic E-state index is 5.90. The van der Waals surface area contributed by atoms with E-state index in [2.05, 4.69) is 25.5 Å². The van der Waals surface area contributed by atoms with Crippen molar-refractivity contribution in [1.82, 2.24) is 30.2 Å². The van der Waals surface area contributed by atoms with Gasteiger partial charge < -0.3 is 0 Å². The topological polar surface area (TPSA) is 69.4 Å². The van der Waals surface area contributed by atoms with E-state index in [1.54, 1.807) is 0 Å².